The van der Waals surface area contributed by atoms with Crippen LogP contribution in [0.15, 0.2) is 0 Å². The van der Waals surface area contributed by atoms with Gasteiger partial charge in [-0.1, -0.05) is 5.92 Å². The van der Waals surface area contributed by atoms with E-state index in [0.29, 0.717) is 12.6 Å². The van der Waals surface area contributed by atoms with E-state index in [1.165, 1.54) is 12.8 Å². The molecule has 0 aromatic carbocycles. The molecule has 14 heavy (non-hydrogen) atoms. The van der Waals surface area contributed by atoms with Gasteiger partial charge in [-0.25, -0.2) is 0 Å². The number of nitrogens with one attached hydrogen (secondary N) is 1. The lowest BCUT2D eigenvalue weighted by molar-refractivity contribution is 0.176. The first-order valence-corrected chi connectivity index (χ1v) is 5.53. The maximum Gasteiger partial charge on any atom is 0.0574 e. The van der Waals surface area contributed by atoms with Crippen molar-refractivity contribution < 1.29 is 0 Å². The van der Waals surface area contributed by atoms with Gasteiger partial charge in [0.1, 0.15) is 0 Å². The summed E-state index contributed by atoms with van der Waals surface area (Å²) in [6.45, 7) is 6.24. The molecule has 1 N–H and O–H groups in total. The Morgan fingerprint density at radius 2 is 2.14 bits per heavy atom. The summed E-state index contributed by atoms with van der Waals surface area (Å²) >= 11 is 0. The Kier molecular flexibility index (Phi) is 4.44. The molecule has 0 amide bonds. The predicted molar refractivity (Wildman–Crippen MR) is 61.1 cm³/mol. The van der Waals surface area contributed by atoms with Gasteiger partial charge in [0, 0.05) is 18.6 Å². The summed E-state index contributed by atoms with van der Waals surface area (Å²) in [4.78, 5) is 2.46. The van der Waals surface area contributed by atoms with Crippen molar-refractivity contribution >= 4 is 0 Å². The fraction of sp³-hybridized carbons (Fsp3) is 0.833. The average molecular weight is 194 g/mol. The quantitative estimate of drug-likeness (QED) is 0.507. The largest absolute Gasteiger partial charge is 0.305 e. The lowest BCUT2D eigenvalue weighted by atomic mass is 10.1. The summed E-state index contributed by atoms with van der Waals surface area (Å²) in [7, 11) is 2.21. The molecule has 0 aromatic heterocycles. The second-order valence-corrected chi connectivity index (χ2v) is 4.43. The van der Waals surface area contributed by atoms with E-state index in [0.717, 1.165) is 18.5 Å². The molecule has 2 heteroatoms. The van der Waals surface area contributed by atoms with Crippen molar-refractivity contribution in [3.05, 3.63) is 0 Å². The molecule has 0 bridgehead atoms. The fourth-order valence-corrected chi connectivity index (χ4v) is 1.81. The van der Waals surface area contributed by atoms with E-state index in [-0.39, 0.29) is 0 Å². The Balaban J connectivity index is 2.21. The smallest absolute Gasteiger partial charge is 0.0574 e. The minimum atomic E-state index is 0.568. The third-order valence-electron chi connectivity index (χ3n) is 3.31. The first-order chi connectivity index (χ1) is 6.66. The normalized spacial score (nSPS) is 20.5. The number of terminal acetylenes is 1. The van der Waals surface area contributed by atoms with Crippen molar-refractivity contribution in [1.29, 1.82) is 0 Å². The van der Waals surface area contributed by atoms with Crippen LogP contribution in [-0.4, -0.2) is 37.1 Å². The zero-order valence-electron chi connectivity index (χ0n) is 9.59. The highest BCUT2D eigenvalue weighted by Crippen LogP contribution is 2.35. The molecular formula is C12H22N2. The molecule has 1 saturated carbocycles. The summed E-state index contributed by atoms with van der Waals surface area (Å²) < 4.78 is 0. The van der Waals surface area contributed by atoms with Crippen LogP contribution in [0.1, 0.15) is 26.7 Å². The van der Waals surface area contributed by atoms with Gasteiger partial charge in [-0.2, -0.15) is 0 Å². The zero-order chi connectivity index (χ0) is 10.6. The van der Waals surface area contributed by atoms with Crippen LogP contribution < -0.4 is 5.32 Å². The molecule has 0 aromatic rings. The number of nitrogens with zero attached hydrogens (tertiary/aromatic N) is 1. The van der Waals surface area contributed by atoms with Gasteiger partial charge >= 0.3 is 0 Å². The molecule has 0 aliphatic heterocycles. The molecule has 1 rings (SSSR count). The van der Waals surface area contributed by atoms with Crippen molar-refractivity contribution in [2.45, 2.75) is 38.8 Å². The van der Waals surface area contributed by atoms with E-state index < -0.39 is 0 Å². The second kappa shape index (κ2) is 5.38. The molecule has 0 heterocycles. The third kappa shape index (κ3) is 3.32. The minimum absolute atomic E-state index is 0.568. The summed E-state index contributed by atoms with van der Waals surface area (Å²) in [5.74, 6) is 3.54. The summed E-state index contributed by atoms with van der Waals surface area (Å²) in [6.07, 6.45) is 8.01. The van der Waals surface area contributed by atoms with E-state index in [1.54, 1.807) is 0 Å². The minimum Gasteiger partial charge on any atom is -0.305 e. The molecule has 2 nitrogen and oxygen atoms in total. The van der Waals surface area contributed by atoms with Crippen LogP contribution in [0.2, 0.25) is 0 Å². The van der Waals surface area contributed by atoms with Crippen molar-refractivity contribution in [2.24, 2.45) is 5.92 Å². The van der Waals surface area contributed by atoms with Gasteiger partial charge < -0.3 is 5.32 Å². The molecule has 0 saturated heterocycles. The lowest BCUT2D eigenvalue weighted by Gasteiger charge is -2.31. The van der Waals surface area contributed by atoms with E-state index in [4.69, 9.17) is 6.42 Å². The van der Waals surface area contributed by atoms with Gasteiger partial charge in [0.05, 0.1) is 6.54 Å². The van der Waals surface area contributed by atoms with Gasteiger partial charge in [-0.05, 0) is 39.7 Å². The van der Waals surface area contributed by atoms with E-state index >= 15 is 0 Å². The van der Waals surface area contributed by atoms with Crippen LogP contribution in [0.4, 0.5) is 0 Å². The highest BCUT2D eigenvalue weighted by atomic mass is 15.2. The van der Waals surface area contributed by atoms with Crippen molar-refractivity contribution in [3.63, 3.8) is 0 Å². The van der Waals surface area contributed by atoms with Crippen LogP contribution in [0.3, 0.4) is 0 Å². The van der Waals surface area contributed by atoms with Gasteiger partial charge in [-0.3, -0.25) is 4.90 Å². The predicted octanol–water partition coefficient (Wildman–Crippen LogP) is 1.33. The van der Waals surface area contributed by atoms with Gasteiger partial charge in [-0.15, -0.1) is 6.42 Å². The highest BCUT2D eigenvalue weighted by molar-refractivity contribution is 4.89. The average Bonchev–Trinajstić information content (AvgIpc) is 2.99. The Morgan fingerprint density at radius 1 is 1.50 bits per heavy atom. The van der Waals surface area contributed by atoms with Gasteiger partial charge in [0.25, 0.3) is 0 Å². The summed E-state index contributed by atoms with van der Waals surface area (Å²) in [5, 5.41) is 3.25. The molecule has 80 valence electrons. The molecular weight excluding hydrogens is 172 g/mol. The maximum atomic E-state index is 5.18. The van der Waals surface area contributed by atoms with Crippen molar-refractivity contribution in [1.82, 2.24) is 10.2 Å². The molecule has 2 atom stereocenters. The van der Waals surface area contributed by atoms with Crippen LogP contribution in [-0.2, 0) is 0 Å². The standard InChI is InChI=1S/C12H22N2/c1-5-8-13-9-10(2)14(4)11(3)12-6-7-12/h1,10-13H,6-9H2,2-4H3. The SMILES string of the molecule is C#CCNCC(C)N(C)C(C)C1CC1. The molecule has 2 unspecified atom stereocenters. The first kappa shape index (κ1) is 11.6. The maximum absolute atomic E-state index is 5.18. The number of rotatable bonds is 6. The van der Waals surface area contributed by atoms with Crippen LogP contribution in [0, 0.1) is 18.3 Å². The lowest BCUT2D eigenvalue weighted by Crippen LogP contribution is -2.43. The molecule has 1 aliphatic carbocycles. The van der Waals surface area contributed by atoms with Crippen LogP contribution in [0.25, 0.3) is 0 Å². The van der Waals surface area contributed by atoms with E-state index in [2.05, 4.69) is 37.0 Å². The van der Waals surface area contributed by atoms with Crippen molar-refractivity contribution in [2.75, 3.05) is 20.1 Å². The van der Waals surface area contributed by atoms with E-state index in [9.17, 15) is 0 Å². The van der Waals surface area contributed by atoms with Crippen LogP contribution in [0.5, 0.6) is 0 Å². The Hall–Kier alpha value is -0.520. The first-order valence-electron chi connectivity index (χ1n) is 5.53. The fourth-order valence-electron chi connectivity index (χ4n) is 1.81. The second-order valence-electron chi connectivity index (χ2n) is 4.43. The Morgan fingerprint density at radius 3 is 2.64 bits per heavy atom. The number of hydrogen-bond acceptors (Lipinski definition) is 2. The number of hydrogen-bond donors (Lipinski definition) is 1. The van der Waals surface area contributed by atoms with E-state index in [1.807, 2.05) is 0 Å². The zero-order valence-corrected chi connectivity index (χ0v) is 9.59. The highest BCUT2D eigenvalue weighted by Gasteiger charge is 2.31. The Bertz CT molecular complexity index is 203. The molecule has 1 fully saturated rings. The Labute approximate surface area is 88.1 Å². The van der Waals surface area contributed by atoms with Gasteiger partial charge in [0.15, 0.2) is 0 Å². The van der Waals surface area contributed by atoms with Gasteiger partial charge in [0.2, 0.25) is 0 Å². The summed E-state index contributed by atoms with van der Waals surface area (Å²) in [6, 6.07) is 1.29. The number of likely N-dealkylation sites (N-methyl/N-ethyl adjacent to an activating group) is 1. The molecule has 0 radical (unpaired) electrons. The third-order valence-corrected chi connectivity index (χ3v) is 3.31. The molecule has 0 spiro atoms. The van der Waals surface area contributed by atoms with Crippen molar-refractivity contribution in [3.8, 4) is 12.3 Å². The summed E-state index contributed by atoms with van der Waals surface area (Å²) in [5.41, 5.74) is 0. The molecule has 1 aliphatic rings. The topological polar surface area (TPSA) is 15.3 Å². The monoisotopic (exact) mass is 194 g/mol. The van der Waals surface area contributed by atoms with Crippen LogP contribution >= 0.6 is 0 Å².